The van der Waals surface area contributed by atoms with E-state index in [0.717, 1.165) is 0 Å². The summed E-state index contributed by atoms with van der Waals surface area (Å²) in [5.41, 5.74) is 0. The average Bonchev–Trinajstić information content (AvgIpc) is 2.95. The fourth-order valence-electron chi connectivity index (χ4n) is 1.71. The molecule has 2 aromatic heterocycles. The predicted molar refractivity (Wildman–Crippen MR) is 85.5 cm³/mol. The topological polar surface area (TPSA) is 132 Å². The van der Waals surface area contributed by atoms with Crippen LogP contribution in [0.4, 0.5) is 10.7 Å². The smallest absolute Gasteiger partial charge is 0.335 e. The van der Waals surface area contributed by atoms with Crippen LogP contribution >= 0.6 is 11.3 Å². The number of aromatic nitrogens is 3. The molecule has 0 aliphatic heterocycles. The van der Waals surface area contributed by atoms with E-state index in [1.807, 2.05) is 4.72 Å². The van der Waals surface area contributed by atoms with Crippen LogP contribution in [0.5, 0.6) is 6.01 Å². The van der Waals surface area contributed by atoms with Crippen LogP contribution in [-0.2, 0) is 21.4 Å². The lowest BCUT2D eigenvalue weighted by molar-refractivity contribution is 0.185. The number of rotatable bonds is 6. The number of hydrogen-bond donors (Lipinski definition) is 2. The molecule has 0 aliphatic carbocycles. The van der Waals surface area contributed by atoms with E-state index in [2.05, 4.69) is 20.3 Å². The maximum absolute atomic E-state index is 12.3. The van der Waals surface area contributed by atoms with E-state index < -0.39 is 16.1 Å². The first-order valence-corrected chi connectivity index (χ1v) is 8.87. The molecule has 24 heavy (non-hydrogen) atoms. The molecule has 2 N–H and O–H groups in total. The number of urea groups is 1. The van der Waals surface area contributed by atoms with Gasteiger partial charge in [0.05, 0.1) is 18.6 Å². The number of carbonyl (C=O) groups is 1. The molecule has 12 heteroatoms. The van der Waals surface area contributed by atoms with E-state index in [4.69, 9.17) is 9.47 Å². The third-order valence-corrected chi connectivity index (χ3v) is 5.07. The number of sulfonamides is 1. The summed E-state index contributed by atoms with van der Waals surface area (Å²) in [5, 5.41) is 3.83. The molecule has 0 spiro atoms. The second kappa shape index (κ2) is 7.51. The normalized spacial score (nSPS) is 11.1. The van der Waals surface area contributed by atoms with Crippen molar-refractivity contribution in [2.24, 2.45) is 0 Å². The number of ether oxygens (including phenoxy) is 2. The number of thiophene rings is 1. The Labute approximate surface area is 142 Å². The van der Waals surface area contributed by atoms with Gasteiger partial charge in [-0.3, -0.25) is 5.32 Å². The van der Waals surface area contributed by atoms with Crippen LogP contribution < -0.4 is 14.8 Å². The lowest BCUT2D eigenvalue weighted by atomic mass is 10.5. The van der Waals surface area contributed by atoms with Crippen LogP contribution in [0.2, 0.25) is 0 Å². The van der Waals surface area contributed by atoms with E-state index in [0.29, 0.717) is 10.7 Å². The van der Waals surface area contributed by atoms with E-state index in [1.54, 1.807) is 12.3 Å². The van der Waals surface area contributed by atoms with Gasteiger partial charge >= 0.3 is 12.0 Å². The second-order valence-electron chi connectivity index (χ2n) is 4.39. The van der Waals surface area contributed by atoms with Crippen LogP contribution in [0.3, 0.4) is 0 Å². The molecule has 0 saturated carbocycles. The fraction of sp³-hybridized carbons (Fsp3) is 0.333. The molecular formula is C12H15N5O5S2. The summed E-state index contributed by atoms with van der Waals surface area (Å²) in [4.78, 5) is 23.9. The zero-order valence-electron chi connectivity index (χ0n) is 13.1. The van der Waals surface area contributed by atoms with Gasteiger partial charge < -0.3 is 9.47 Å². The highest BCUT2D eigenvalue weighted by molar-refractivity contribution is 7.90. The summed E-state index contributed by atoms with van der Waals surface area (Å²) < 4.78 is 36.2. The maximum atomic E-state index is 12.3. The van der Waals surface area contributed by atoms with Gasteiger partial charge in [0.15, 0.2) is 0 Å². The minimum atomic E-state index is -4.05. The minimum absolute atomic E-state index is 0.000808. The van der Waals surface area contributed by atoms with E-state index >= 15 is 0 Å². The molecule has 0 fully saturated rings. The molecule has 2 amide bonds. The molecule has 10 nitrogen and oxygen atoms in total. The highest BCUT2D eigenvalue weighted by Gasteiger charge is 2.23. The largest absolute Gasteiger partial charge is 0.467 e. The number of carbonyl (C=O) groups excluding carboxylic acids is 1. The Kier molecular flexibility index (Phi) is 5.64. The zero-order valence-corrected chi connectivity index (χ0v) is 14.7. The Morgan fingerprint density at radius 2 is 2.04 bits per heavy atom. The van der Waals surface area contributed by atoms with Gasteiger partial charge in [-0.15, -0.1) is 11.3 Å². The first kappa shape index (κ1) is 18.0. The van der Waals surface area contributed by atoms with Crippen molar-refractivity contribution in [3.63, 3.8) is 0 Å². The molecule has 0 aromatic carbocycles. The van der Waals surface area contributed by atoms with Gasteiger partial charge in [0.25, 0.3) is 10.0 Å². The van der Waals surface area contributed by atoms with E-state index in [9.17, 15) is 13.2 Å². The first-order chi connectivity index (χ1) is 11.4. The number of anilines is 1. The number of nitrogens with one attached hydrogen (secondary N) is 2. The van der Waals surface area contributed by atoms with Crippen LogP contribution in [0.1, 0.15) is 10.7 Å². The van der Waals surface area contributed by atoms with Gasteiger partial charge in [0.1, 0.15) is 10.7 Å². The molecule has 0 radical (unpaired) electrons. The Morgan fingerprint density at radius 1 is 1.29 bits per heavy atom. The molecule has 0 saturated heterocycles. The third-order valence-electron chi connectivity index (χ3n) is 2.63. The van der Waals surface area contributed by atoms with Crippen LogP contribution in [0, 0.1) is 6.92 Å². The standard InChI is InChI=1S/C12H15N5O5S2/c1-7-13-10(16-12(14-7)22-3)15-11(18)17-24(19,20)9-4-5-23-8(9)6-21-2/h4-5H,6H2,1-3H3,(H2,13,14,15,16,17,18). The summed E-state index contributed by atoms with van der Waals surface area (Å²) in [6.45, 7) is 1.70. The van der Waals surface area contributed by atoms with Crippen LogP contribution in [0.25, 0.3) is 0 Å². The van der Waals surface area contributed by atoms with Gasteiger partial charge in [-0.05, 0) is 18.4 Å². The third kappa shape index (κ3) is 4.37. The molecule has 2 rings (SSSR count). The minimum Gasteiger partial charge on any atom is -0.467 e. The molecule has 0 unspecified atom stereocenters. The summed E-state index contributed by atoms with van der Waals surface area (Å²) in [5.74, 6) is 0.176. The Hall–Kier alpha value is -2.31. The van der Waals surface area contributed by atoms with E-state index in [1.165, 1.54) is 31.6 Å². The van der Waals surface area contributed by atoms with Gasteiger partial charge in [0.2, 0.25) is 5.95 Å². The Bertz CT molecular complexity index is 836. The molecule has 0 bridgehead atoms. The number of methoxy groups -OCH3 is 2. The van der Waals surface area contributed by atoms with Crippen molar-refractivity contribution in [1.82, 2.24) is 19.7 Å². The summed E-state index contributed by atoms with van der Waals surface area (Å²) in [6, 6.07) is 0.392. The average molecular weight is 373 g/mol. The highest BCUT2D eigenvalue weighted by Crippen LogP contribution is 2.22. The van der Waals surface area contributed by atoms with Crippen molar-refractivity contribution in [3.8, 4) is 6.01 Å². The van der Waals surface area contributed by atoms with Gasteiger partial charge in [-0.1, -0.05) is 0 Å². The summed E-state index contributed by atoms with van der Waals surface area (Å²) in [6.07, 6.45) is 0. The first-order valence-electron chi connectivity index (χ1n) is 6.51. The summed E-state index contributed by atoms with van der Waals surface area (Å²) in [7, 11) is -1.24. The molecule has 0 aliphatic rings. The van der Waals surface area contributed by atoms with Gasteiger partial charge in [0, 0.05) is 7.11 Å². The van der Waals surface area contributed by atoms with Gasteiger partial charge in [-0.25, -0.2) is 17.9 Å². The fourth-order valence-corrected chi connectivity index (χ4v) is 4.02. The second-order valence-corrected chi connectivity index (χ2v) is 7.05. The number of nitrogens with zero attached hydrogens (tertiary/aromatic N) is 3. The molecular weight excluding hydrogens is 358 g/mol. The molecule has 2 heterocycles. The summed E-state index contributed by atoms with van der Waals surface area (Å²) >= 11 is 1.21. The number of hydrogen-bond acceptors (Lipinski definition) is 9. The SMILES string of the molecule is COCc1sccc1S(=O)(=O)NC(=O)Nc1nc(C)nc(OC)n1. The van der Waals surface area contributed by atoms with Crippen molar-refractivity contribution < 1.29 is 22.7 Å². The van der Waals surface area contributed by atoms with Crippen molar-refractivity contribution in [2.75, 3.05) is 19.5 Å². The zero-order chi connectivity index (χ0) is 17.7. The molecule has 130 valence electrons. The molecule has 2 aromatic rings. The quantitative estimate of drug-likeness (QED) is 0.763. The lowest BCUT2D eigenvalue weighted by Crippen LogP contribution is -2.35. The maximum Gasteiger partial charge on any atom is 0.335 e. The van der Waals surface area contributed by atoms with Gasteiger partial charge in [-0.2, -0.15) is 15.0 Å². The van der Waals surface area contributed by atoms with Crippen LogP contribution in [-0.4, -0.2) is 43.6 Å². The molecule has 0 atom stereocenters. The van der Waals surface area contributed by atoms with Crippen molar-refractivity contribution in [3.05, 3.63) is 22.1 Å². The van der Waals surface area contributed by atoms with Crippen molar-refractivity contribution >= 4 is 33.3 Å². The Balaban J connectivity index is 2.14. The monoisotopic (exact) mass is 373 g/mol. The highest BCUT2D eigenvalue weighted by atomic mass is 32.2. The van der Waals surface area contributed by atoms with E-state index in [-0.39, 0.29) is 23.5 Å². The van der Waals surface area contributed by atoms with Crippen molar-refractivity contribution in [2.45, 2.75) is 18.4 Å². The predicted octanol–water partition coefficient (Wildman–Crippen LogP) is 0.907. The number of amides is 2. The number of aryl methyl sites for hydroxylation is 1. The van der Waals surface area contributed by atoms with Crippen LogP contribution in [0.15, 0.2) is 16.3 Å². The lowest BCUT2D eigenvalue weighted by Gasteiger charge is -2.09. The Morgan fingerprint density at radius 3 is 2.71 bits per heavy atom. The van der Waals surface area contributed by atoms with Crippen molar-refractivity contribution in [1.29, 1.82) is 0 Å².